The van der Waals surface area contributed by atoms with E-state index in [0.29, 0.717) is 6.04 Å². The van der Waals surface area contributed by atoms with Crippen LogP contribution in [0.3, 0.4) is 0 Å². The van der Waals surface area contributed by atoms with E-state index in [1.165, 1.54) is 12.0 Å². The third-order valence-electron chi connectivity index (χ3n) is 2.01. The normalized spacial score (nSPS) is 11.1. The molecule has 0 unspecified atom stereocenters. The van der Waals surface area contributed by atoms with Crippen LogP contribution in [0.25, 0.3) is 0 Å². The molecule has 0 aromatic carbocycles. The van der Waals surface area contributed by atoms with E-state index in [1.54, 1.807) is 0 Å². The second kappa shape index (κ2) is 5.07. The fourth-order valence-corrected chi connectivity index (χ4v) is 1.31. The van der Waals surface area contributed by atoms with Gasteiger partial charge in [-0.25, -0.2) is 0 Å². The maximum absolute atomic E-state index is 3.40. The minimum atomic E-state index is 0.564. The van der Waals surface area contributed by atoms with Gasteiger partial charge in [-0.1, -0.05) is 20.8 Å². The third kappa shape index (κ3) is 3.64. The Kier molecular flexibility index (Phi) is 4.03. The Morgan fingerprint density at radius 3 is 2.85 bits per heavy atom. The number of nitrogens with one attached hydrogen (secondary N) is 1. The molecule has 2 heteroatoms. The summed E-state index contributed by atoms with van der Waals surface area (Å²) in [6.07, 6.45) is 5.57. The highest BCUT2D eigenvalue weighted by molar-refractivity contribution is 5.09. The molecule has 0 aliphatic rings. The van der Waals surface area contributed by atoms with E-state index in [1.807, 2.05) is 0 Å². The summed E-state index contributed by atoms with van der Waals surface area (Å²) >= 11 is 0. The molecule has 2 nitrogen and oxygen atoms in total. The van der Waals surface area contributed by atoms with Crippen molar-refractivity contribution in [2.45, 2.75) is 46.3 Å². The second-order valence-electron chi connectivity index (χ2n) is 3.79. The molecule has 1 aromatic rings. The highest BCUT2D eigenvalue weighted by Gasteiger charge is 1.97. The molecule has 13 heavy (non-hydrogen) atoms. The van der Waals surface area contributed by atoms with E-state index < -0.39 is 0 Å². The number of hydrogen-bond donors (Lipinski definition) is 1. The number of rotatable bonds is 5. The molecular weight excluding hydrogens is 160 g/mol. The Bertz CT molecular complexity index is 238. The lowest BCUT2D eigenvalue weighted by Gasteiger charge is -2.05. The maximum Gasteiger partial charge on any atom is 0.0222 e. The average molecular weight is 180 g/mol. The largest absolute Gasteiger partial charge is 0.354 e. The van der Waals surface area contributed by atoms with Gasteiger partial charge in [0.1, 0.15) is 0 Å². The zero-order valence-electron chi connectivity index (χ0n) is 8.88. The lowest BCUT2D eigenvalue weighted by molar-refractivity contribution is 0.587. The van der Waals surface area contributed by atoms with Gasteiger partial charge >= 0.3 is 0 Å². The van der Waals surface area contributed by atoms with E-state index in [4.69, 9.17) is 0 Å². The first-order valence-corrected chi connectivity index (χ1v) is 5.10. The lowest BCUT2D eigenvalue weighted by Crippen LogP contribution is -2.21. The van der Waals surface area contributed by atoms with E-state index in [0.717, 1.165) is 13.1 Å². The van der Waals surface area contributed by atoms with Crippen molar-refractivity contribution < 1.29 is 0 Å². The summed E-state index contributed by atoms with van der Waals surface area (Å²) in [5, 5.41) is 3.40. The summed E-state index contributed by atoms with van der Waals surface area (Å²) in [7, 11) is 0. The van der Waals surface area contributed by atoms with Gasteiger partial charge in [0.15, 0.2) is 0 Å². The van der Waals surface area contributed by atoms with Gasteiger partial charge in [-0.05, 0) is 18.1 Å². The minimum absolute atomic E-state index is 0.564. The Morgan fingerprint density at radius 1 is 1.46 bits per heavy atom. The van der Waals surface area contributed by atoms with Crippen molar-refractivity contribution in [3.63, 3.8) is 0 Å². The Morgan fingerprint density at radius 2 is 2.23 bits per heavy atom. The van der Waals surface area contributed by atoms with Crippen LogP contribution in [0.1, 0.15) is 32.8 Å². The van der Waals surface area contributed by atoms with Gasteiger partial charge < -0.3 is 9.88 Å². The topological polar surface area (TPSA) is 17.0 Å². The zero-order chi connectivity index (χ0) is 9.68. The standard InChI is InChI=1S/C11H20N2/c1-4-6-13-7-5-11(9-13)8-12-10(2)3/h5,7,9-10,12H,4,6,8H2,1-3H3. The van der Waals surface area contributed by atoms with Crippen LogP contribution in [0.2, 0.25) is 0 Å². The van der Waals surface area contributed by atoms with Crippen LogP contribution in [-0.2, 0) is 13.1 Å². The van der Waals surface area contributed by atoms with Crippen LogP contribution >= 0.6 is 0 Å². The van der Waals surface area contributed by atoms with Gasteiger partial charge in [-0.15, -0.1) is 0 Å². The van der Waals surface area contributed by atoms with E-state index in [9.17, 15) is 0 Å². The average Bonchev–Trinajstić information content (AvgIpc) is 2.50. The molecule has 0 bridgehead atoms. The summed E-state index contributed by atoms with van der Waals surface area (Å²) in [5.74, 6) is 0. The van der Waals surface area contributed by atoms with E-state index in [-0.39, 0.29) is 0 Å². The first-order chi connectivity index (χ1) is 6.22. The Labute approximate surface area is 81.0 Å². The highest BCUT2D eigenvalue weighted by Crippen LogP contribution is 2.02. The molecule has 1 aromatic heterocycles. The fourth-order valence-electron chi connectivity index (χ4n) is 1.31. The highest BCUT2D eigenvalue weighted by atomic mass is 14.9. The van der Waals surface area contributed by atoms with Crippen LogP contribution < -0.4 is 5.32 Å². The van der Waals surface area contributed by atoms with E-state index >= 15 is 0 Å². The van der Waals surface area contributed by atoms with Crippen LogP contribution in [-0.4, -0.2) is 10.6 Å². The molecular formula is C11H20N2. The molecule has 74 valence electrons. The number of aryl methyl sites for hydroxylation is 1. The van der Waals surface area contributed by atoms with Crippen LogP contribution in [0.4, 0.5) is 0 Å². The van der Waals surface area contributed by atoms with Crippen molar-refractivity contribution in [3.05, 3.63) is 24.0 Å². The van der Waals surface area contributed by atoms with Crippen molar-refractivity contribution in [2.75, 3.05) is 0 Å². The first kappa shape index (κ1) is 10.3. The molecule has 0 atom stereocenters. The molecule has 0 radical (unpaired) electrons. The van der Waals surface area contributed by atoms with Gasteiger partial charge in [0.25, 0.3) is 0 Å². The minimum Gasteiger partial charge on any atom is -0.354 e. The van der Waals surface area contributed by atoms with Gasteiger partial charge in [-0.2, -0.15) is 0 Å². The molecule has 1 N–H and O–H groups in total. The molecule has 0 saturated carbocycles. The molecule has 0 aliphatic heterocycles. The Hall–Kier alpha value is -0.760. The zero-order valence-corrected chi connectivity index (χ0v) is 8.88. The fraction of sp³-hybridized carbons (Fsp3) is 0.636. The quantitative estimate of drug-likeness (QED) is 0.736. The smallest absolute Gasteiger partial charge is 0.0222 e. The van der Waals surface area contributed by atoms with Crippen molar-refractivity contribution in [3.8, 4) is 0 Å². The maximum atomic E-state index is 3.40. The summed E-state index contributed by atoms with van der Waals surface area (Å²) in [4.78, 5) is 0. The van der Waals surface area contributed by atoms with Crippen molar-refractivity contribution >= 4 is 0 Å². The molecule has 1 heterocycles. The summed E-state index contributed by atoms with van der Waals surface area (Å²) in [6, 6.07) is 2.75. The summed E-state index contributed by atoms with van der Waals surface area (Å²) < 4.78 is 2.25. The van der Waals surface area contributed by atoms with Gasteiger partial charge in [0.05, 0.1) is 0 Å². The first-order valence-electron chi connectivity index (χ1n) is 5.10. The van der Waals surface area contributed by atoms with Crippen molar-refractivity contribution in [1.29, 1.82) is 0 Å². The summed E-state index contributed by atoms with van der Waals surface area (Å²) in [6.45, 7) is 8.65. The predicted octanol–water partition coefficient (Wildman–Crippen LogP) is 2.40. The number of hydrogen-bond acceptors (Lipinski definition) is 1. The number of aromatic nitrogens is 1. The van der Waals surface area contributed by atoms with Gasteiger partial charge in [0.2, 0.25) is 0 Å². The van der Waals surface area contributed by atoms with Gasteiger partial charge in [0, 0.05) is 31.5 Å². The van der Waals surface area contributed by atoms with Crippen molar-refractivity contribution in [2.24, 2.45) is 0 Å². The van der Waals surface area contributed by atoms with Crippen LogP contribution in [0.15, 0.2) is 18.5 Å². The SMILES string of the molecule is CCCn1ccc(CNC(C)C)c1. The van der Waals surface area contributed by atoms with E-state index in [2.05, 4.69) is 49.1 Å². The third-order valence-corrected chi connectivity index (χ3v) is 2.01. The molecule has 1 rings (SSSR count). The van der Waals surface area contributed by atoms with Crippen LogP contribution in [0.5, 0.6) is 0 Å². The molecule has 0 fully saturated rings. The molecule has 0 aliphatic carbocycles. The summed E-state index contributed by atoms with van der Waals surface area (Å²) in [5.41, 5.74) is 1.38. The van der Waals surface area contributed by atoms with Gasteiger partial charge in [-0.3, -0.25) is 0 Å². The second-order valence-corrected chi connectivity index (χ2v) is 3.79. The Balaban J connectivity index is 2.39. The molecule has 0 saturated heterocycles. The predicted molar refractivity (Wildman–Crippen MR) is 56.7 cm³/mol. The van der Waals surface area contributed by atoms with Crippen molar-refractivity contribution in [1.82, 2.24) is 9.88 Å². The lowest BCUT2D eigenvalue weighted by atomic mass is 10.3. The van der Waals surface area contributed by atoms with Crippen LogP contribution in [0, 0.1) is 0 Å². The molecule has 0 amide bonds. The molecule has 0 spiro atoms. The monoisotopic (exact) mass is 180 g/mol. The number of nitrogens with zero attached hydrogens (tertiary/aromatic N) is 1.